The van der Waals surface area contributed by atoms with E-state index in [1.807, 2.05) is 0 Å². The average Bonchev–Trinajstić information content (AvgIpc) is 2.68. The molecule has 20 heavy (non-hydrogen) atoms. The van der Waals surface area contributed by atoms with E-state index in [0.29, 0.717) is 26.2 Å². The summed E-state index contributed by atoms with van der Waals surface area (Å²) in [5, 5.41) is 8.96. The summed E-state index contributed by atoms with van der Waals surface area (Å²) >= 11 is 5.92. The van der Waals surface area contributed by atoms with Crippen LogP contribution in [-0.4, -0.2) is 50.1 Å². The molecule has 1 aromatic rings. The number of sulfonamides is 1. The third kappa shape index (κ3) is 3.12. The van der Waals surface area contributed by atoms with Gasteiger partial charge in [0.05, 0.1) is 17.2 Å². The van der Waals surface area contributed by atoms with Crippen LogP contribution in [0.2, 0.25) is 5.02 Å². The molecule has 0 spiro atoms. The molecule has 1 heterocycles. The summed E-state index contributed by atoms with van der Waals surface area (Å²) < 4.78 is 31.5. The van der Waals surface area contributed by atoms with E-state index in [-0.39, 0.29) is 22.0 Å². The summed E-state index contributed by atoms with van der Waals surface area (Å²) in [5.41, 5.74) is -0.112. The molecule has 1 aliphatic heterocycles. The zero-order valence-electron chi connectivity index (χ0n) is 10.6. The van der Waals surface area contributed by atoms with E-state index in [1.54, 1.807) is 0 Å². The van der Waals surface area contributed by atoms with Crippen LogP contribution >= 0.6 is 11.6 Å². The summed E-state index contributed by atoms with van der Waals surface area (Å²) in [7, 11) is -3.81. The van der Waals surface area contributed by atoms with Crippen LogP contribution in [0.5, 0.6) is 0 Å². The summed E-state index contributed by atoms with van der Waals surface area (Å²) in [4.78, 5) is 10.8. The van der Waals surface area contributed by atoms with Gasteiger partial charge in [0.1, 0.15) is 4.90 Å². The predicted octanol–water partition coefficient (Wildman–Crippen LogP) is 1.45. The zero-order chi connectivity index (χ0) is 14.8. The van der Waals surface area contributed by atoms with Gasteiger partial charge in [0, 0.05) is 19.7 Å². The van der Waals surface area contributed by atoms with E-state index in [2.05, 4.69) is 0 Å². The molecular formula is C12H14ClNO5S. The van der Waals surface area contributed by atoms with Crippen molar-refractivity contribution in [1.29, 1.82) is 0 Å². The van der Waals surface area contributed by atoms with Crippen LogP contribution in [-0.2, 0) is 14.8 Å². The first-order chi connectivity index (χ1) is 9.43. The van der Waals surface area contributed by atoms with E-state index < -0.39 is 16.0 Å². The van der Waals surface area contributed by atoms with Gasteiger partial charge >= 0.3 is 5.97 Å². The predicted molar refractivity (Wildman–Crippen MR) is 72.6 cm³/mol. The fourth-order valence-corrected chi connectivity index (χ4v) is 3.90. The quantitative estimate of drug-likeness (QED) is 0.911. The van der Waals surface area contributed by atoms with E-state index in [0.717, 1.165) is 6.07 Å². The van der Waals surface area contributed by atoms with Crippen molar-refractivity contribution < 1.29 is 23.1 Å². The van der Waals surface area contributed by atoms with Crippen LogP contribution in [0.25, 0.3) is 0 Å². The molecule has 1 N–H and O–H groups in total. The Morgan fingerprint density at radius 3 is 2.75 bits per heavy atom. The average molecular weight is 320 g/mol. The minimum absolute atomic E-state index is 0.0140. The highest BCUT2D eigenvalue weighted by atomic mass is 35.5. The number of nitrogens with zero attached hydrogens (tertiary/aromatic N) is 1. The molecule has 0 atom stereocenters. The van der Waals surface area contributed by atoms with Crippen molar-refractivity contribution in [2.75, 3.05) is 26.3 Å². The molecule has 0 aromatic heterocycles. The molecule has 8 heteroatoms. The molecule has 6 nitrogen and oxygen atoms in total. The fraction of sp³-hybridized carbons (Fsp3) is 0.417. The summed E-state index contributed by atoms with van der Waals surface area (Å²) in [5.74, 6) is -1.20. The lowest BCUT2D eigenvalue weighted by molar-refractivity contribution is 0.0696. The third-order valence-corrected chi connectivity index (χ3v) is 5.36. The van der Waals surface area contributed by atoms with Gasteiger partial charge in [-0.2, -0.15) is 4.31 Å². The normalized spacial score (nSPS) is 17.6. The van der Waals surface area contributed by atoms with Crippen LogP contribution in [0.15, 0.2) is 23.1 Å². The highest BCUT2D eigenvalue weighted by Gasteiger charge is 2.28. The van der Waals surface area contributed by atoms with Gasteiger partial charge in [-0.3, -0.25) is 0 Å². The van der Waals surface area contributed by atoms with Crippen molar-refractivity contribution in [3.05, 3.63) is 28.8 Å². The van der Waals surface area contributed by atoms with Crippen molar-refractivity contribution in [2.45, 2.75) is 11.3 Å². The molecule has 1 aromatic carbocycles. The van der Waals surface area contributed by atoms with Crippen molar-refractivity contribution in [3.63, 3.8) is 0 Å². The van der Waals surface area contributed by atoms with Gasteiger partial charge in [-0.25, -0.2) is 13.2 Å². The van der Waals surface area contributed by atoms with Crippen LogP contribution in [0.4, 0.5) is 0 Å². The van der Waals surface area contributed by atoms with E-state index in [1.165, 1.54) is 16.4 Å². The molecule has 2 rings (SSSR count). The summed E-state index contributed by atoms with van der Waals surface area (Å²) in [6.07, 6.45) is 0.593. The van der Waals surface area contributed by atoms with Gasteiger partial charge in [-0.1, -0.05) is 11.6 Å². The first-order valence-electron chi connectivity index (χ1n) is 6.03. The topological polar surface area (TPSA) is 83.9 Å². The van der Waals surface area contributed by atoms with E-state index in [4.69, 9.17) is 21.4 Å². The van der Waals surface area contributed by atoms with Crippen LogP contribution in [0, 0.1) is 0 Å². The van der Waals surface area contributed by atoms with Gasteiger partial charge in [0.25, 0.3) is 0 Å². The lowest BCUT2D eigenvalue weighted by Gasteiger charge is -2.20. The lowest BCUT2D eigenvalue weighted by atomic mass is 10.2. The molecular weight excluding hydrogens is 306 g/mol. The SMILES string of the molecule is O=C(O)c1ccc(Cl)c(S(=O)(=O)N2CCCOCC2)c1. The Bertz CT molecular complexity index is 608. The number of carbonyl (C=O) groups is 1. The van der Waals surface area contributed by atoms with Gasteiger partial charge in [-0.15, -0.1) is 0 Å². The van der Waals surface area contributed by atoms with E-state index >= 15 is 0 Å². The second-order valence-corrected chi connectivity index (χ2v) is 6.63. The first-order valence-corrected chi connectivity index (χ1v) is 7.85. The second kappa shape index (κ2) is 6.09. The van der Waals surface area contributed by atoms with E-state index in [9.17, 15) is 13.2 Å². The number of hydrogen-bond acceptors (Lipinski definition) is 4. The van der Waals surface area contributed by atoms with Crippen molar-refractivity contribution in [1.82, 2.24) is 4.31 Å². The Kier molecular flexibility index (Phi) is 4.64. The maximum atomic E-state index is 12.5. The monoisotopic (exact) mass is 319 g/mol. The molecule has 1 saturated heterocycles. The Labute approximate surface area is 122 Å². The summed E-state index contributed by atoms with van der Waals surface area (Å²) in [6.45, 7) is 1.39. The van der Waals surface area contributed by atoms with Crippen LogP contribution in [0.3, 0.4) is 0 Å². The van der Waals surface area contributed by atoms with Crippen molar-refractivity contribution >= 4 is 27.6 Å². The molecule has 0 unspecified atom stereocenters. The van der Waals surface area contributed by atoms with Gasteiger partial charge in [-0.05, 0) is 24.6 Å². The maximum absolute atomic E-state index is 12.5. The number of ether oxygens (including phenoxy) is 1. The van der Waals surface area contributed by atoms with Gasteiger partial charge < -0.3 is 9.84 Å². The highest BCUT2D eigenvalue weighted by Crippen LogP contribution is 2.26. The maximum Gasteiger partial charge on any atom is 0.335 e. The minimum Gasteiger partial charge on any atom is -0.478 e. The van der Waals surface area contributed by atoms with Gasteiger partial charge in [0.2, 0.25) is 10.0 Å². The summed E-state index contributed by atoms with van der Waals surface area (Å²) in [6, 6.07) is 3.65. The van der Waals surface area contributed by atoms with Crippen molar-refractivity contribution in [2.24, 2.45) is 0 Å². The van der Waals surface area contributed by atoms with Crippen LogP contribution < -0.4 is 0 Å². The number of aromatic carboxylic acids is 1. The minimum atomic E-state index is -3.81. The Balaban J connectivity index is 2.42. The highest BCUT2D eigenvalue weighted by molar-refractivity contribution is 7.89. The lowest BCUT2D eigenvalue weighted by Crippen LogP contribution is -2.33. The smallest absolute Gasteiger partial charge is 0.335 e. The second-order valence-electron chi connectivity index (χ2n) is 4.32. The Hall–Kier alpha value is -1.15. The number of halogens is 1. The number of carboxylic acids is 1. The number of hydrogen-bond donors (Lipinski definition) is 1. The number of carboxylic acid groups (broad SMARTS) is 1. The molecule has 0 radical (unpaired) electrons. The molecule has 1 fully saturated rings. The number of rotatable bonds is 3. The molecule has 0 bridgehead atoms. The van der Waals surface area contributed by atoms with Crippen LogP contribution in [0.1, 0.15) is 16.8 Å². The molecule has 1 aliphatic rings. The standard InChI is InChI=1S/C12H14ClNO5S/c13-10-3-2-9(12(15)16)8-11(10)20(17,18)14-4-1-6-19-7-5-14/h2-3,8H,1,4-7H2,(H,15,16). The molecule has 110 valence electrons. The largest absolute Gasteiger partial charge is 0.478 e. The van der Waals surface area contributed by atoms with Crippen molar-refractivity contribution in [3.8, 4) is 0 Å². The Morgan fingerprint density at radius 2 is 2.05 bits per heavy atom. The van der Waals surface area contributed by atoms with Gasteiger partial charge in [0.15, 0.2) is 0 Å². The fourth-order valence-electron chi connectivity index (χ4n) is 1.94. The zero-order valence-corrected chi connectivity index (χ0v) is 12.2. The third-order valence-electron chi connectivity index (χ3n) is 2.98. The molecule has 0 saturated carbocycles. The first kappa shape index (κ1) is 15.2. The molecule has 0 amide bonds. The Morgan fingerprint density at radius 1 is 1.30 bits per heavy atom. The molecule has 0 aliphatic carbocycles. The number of benzene rings is 1.